The maximum Gasteiger partial charge on any atom is 0.243 e. The van der Waals surface area contributed by atoms with Gasteiger partial charge in [-0.1, -0.05) is 35.0 Å². The highest BCUT2D eigenvalue weighted by atomic mass is 15.3. The second kappa shape index (κ2) is 3.20. The minimum Gasteiger partial charge on any atom is -0.205 e. The van der Waals surface area contributed by atoms with E-state index >= 15 is 0 Å². The molecule has 2 nitrogen and oxygen atoms in total. The normalized spacial score (nSPS) is 11.1. The van der Waals surface area contributed by atoms with Gasteiger partial charge in [-0.2, -0.15) is 0 Å². The van der Waals surface area contributed by atoms with Crippen molar-refractivity contribution >= 4 is 21.7 Å². The van der Waals surface area contributed by atoms with Gasteiger partial charge in [0.2, 0.25) is 11.2 Å². The number of hydrogen-bond donors (Lipinski definition) is 1. The van der Waals surface area contributed by atoms with Gasteiger partial charge in [-0.05, 0) is 12.1 Å². The highest BCUT2D eigenvalue weighted by Gasteiger charge is 2.15. The molecular weight excluding hydrogens is 196 g/mol. The minimum atomic E-state index is 1.07. The lowest BCUT2D eigenvalue weighted by Gasteiger charge is -2.04. The van der Waals surface area contributed by atoms with Crippen molar-refractivity contribution in [3.63, 3.8) is 0 Å². The van der Waals surface area contributed by atoms with Gasteiger partial charge in [-0.3, -0.25) is 0 Å². The van der Waals surface area contributed by atoms with Crippen molar-refractivity contribution in [1.29, 1.82) is 0 Å². The first-order valence-electron chi connectivity index (χ1n) is 5.36. The Labute approximate surface area is 93.9 Å². The first-order chi connectivity index (χ1) is 7.79. The van der Waals surface area contributed by atoms with Crippen molar-refractivity contribution in [2.24, 2.45) is 0 Å². The van der Waals surface area contributed by atoms with Crippen LogP contribution in [0.25, 0.3) is 21.7 Å². The summed E-state index contributed by atoms with van der Waals surface area (Å²) in [5.74, 6) is 6.10. The molecule has 2 N–H and O–H groups in total. The fraction of sp³-hybridized carbons (Fsp3) is 0.0714. The summed E-state index contributed by atoms with van der Waals surface area (Å²) >= 11 is 0. The zero-order valence-corrected chi connectivity index (χ0v) is 9.14. The number of nitrogens with zero attached hydrogens (tertiary/aromatic N) is 1. The van der Waals surface area contributed by atoms with Crippen LogP contribution in [-0.2, 0) is 0 Å². The molecule has 2 heteroatoms. The summed E-state index contributed by atoms with van der Waals surface area (Å²) in [6, 6.07) is 16.6. The van der Waals surface area contributed by atoms with Crippen LogP contribution in [0.15, 0.2) is 48.5 Å². The quantitative estimate of drug-likeness (QED) is 0.343. The lowest BCUT2D eigenvalue weighted by molar-refractivity contribution is -0.616. The van der Waals surface area contributed by atoms with E-state index in [1.807, 2.05) is 18.2 Å². The van der Waals surface area contributed by atoms with Crippen molar-refractivity contribution in [2.75, 3.05) is 5.84 Å². The van der Waals surface area contributed by atoms with Gasteiger partial charge >= 0.3 is 0 Å². The van der Waals surface area contributed by atoms with E-state index in [2.05, 4.69) is 37.3 Å². The molecule has 1 aromatic heterocycles. The number of aromatic nitrogens is 1. The van der Waals surface area contributed by atoms with Crippen LogP contribution in [-0.4, -0.2) is 0 Å². The number of fused-ring (bicyclic) bond motifs is 3. The monoisotopic (exact) mass is 209 g/mol. The molecule has 0 spiro atoms. The molecule has 1 heterocycles. The Hall–Kier alpha value is -2.09. The fourth-order valence-corrected chi connectivity index (χ4v) is 2.26. The van der Waals surface area contributed by atoms with Gasteiger partial charge < -0.3 is 0 Å². The third kappa shape index (κ3) is 1.10. The molecule has 0 radical (unpaired) electrons. The molecule has 0 fully saturated rings. The van der Waals surface area contributed by atoms with E-state index < -0.39 is 0 Å². The molecule has 0 aliphatic rings. The number of nitrogen functional groups attached to an aromatic ring is 1. The summed E-state index contributed by atoms with van der Waals surface area (Å²) in [6.45, 7) is 2.05. The molecule has 0 atom stereocenters. The fourth-order valence-electron chi connectivity index (χ4n) is 2.26. The van der Waals surface area contributed by atoms with Crippen molar-refractivity contribution in [1.82, 2.24) is 0 Å². The summed E-state index contributed by atoms with van der Waals surface area (Å²) < 4.78 is 1.76. The number of nitrogens with two attached hydrogens (primary N) is 1. The van der Waals surface area contributed by atoms with Gasteiger partial charge in [-0.25, -0.2) is 5.84 Å². The van der Waals surface area contributed by atoms with Crippen molar-refractivity contribution in [2.45, 2.75) is 6.92 Å². The molecule has 0 bridgehead atoms. The summed E-state index contributed by atoms with van der Waals surface area (Å²) in [5.41, 5.74) is 2.16. The highest BCUT2D eigenvalue weighted by Crippen LogP contribution is 2.23. The average molecular weight is 209 g/mol. The van der Waals surface area contributed by atoms with Crippen molar-refractivity contribution in [3.05, 3.63) is 54.2 Å². The molecule has 0 aliphatic heterocycles. The largest absolute Gasteiger partial charge is 0.243 e. The molecule has 3 rings (SSSR count). The van der Waals surface area contributed by atoms with Crippen molar-refractivity contribution in [3.8, 4) is 0 Å². The maximum absolute atomic E-state index is 6.10. The molecule has 3 aromatic rings. The van der Waals surface area contributed by atoms with Crippen molar-refractivity contribution < 1.29 is 4.68 Å². The van der Waals surface area contributed by atoms with E-state index in [9.17, 15) is 0 Å². The summed E-state index contributed by atoms with van der Waals surface area (Å²) in [5, 5.41) is 3.67. The molecule has 0 saturated heterocycles. The Morgan fingerprint density at radius 1 is 0.812 bits per heavy atom. The molecular formula is C14H13N2+. The van der Waals surface area contributed by atoms with E-state index in [4.69, 9.17) is 5.84 Å². The average Bonchev–Trinajstić information content (AvgIpc) is 2.36. The van der Waals surface area contributed by atoms with Crippen LogP contribution in [0.3, 0.4) is 0 Å². The molecule has 0 unspecified atom stereocenters. The van der Waals surface area contributed by atoms with Crippen LogP contribution in [0.4, 0.5) is 0 Å². The summed E-state index contributed by atoms with van der Waals surface area (Å²) in [6.07, 6.45) is 0. The number of benzene rings is 2. The van der Waals surface area contributed by atoms with E-state index in [-0.39, 0.29) is 0 Å². The van der Waals surface area contributed by atoms with Crippen LogP contribution >= 0.6 is 0 Å². The van der Waals surface area contributed by atoms with Gasteiger partial charge in [0.15, 0.2) is 0 Å². The van der Waals surface area contributed by atoms with E-state index in [1.54, 1.807) is 4.68 Å². The van der Waals surface area contributed by atoms with Gasteiger partial charge in [0.1, 0.15) is 0 Å². The number of rotatable bonds is 0. The predicted octanol–water partition coefficient (Wildman–Crippen LogP) is 2.30. The molecule has 16 heavy (non-hydrogen) atoms. The predicted molar refractivity (Wildman–Crippen MR) is 66.5 cm³/mol. The number of pyridine rings is 1. The third-order valence-electron chi connectivity index (χ3n) is 3.13. The van der Waals surface area contributed by atoms with Crippen LogP contribution in [0.1, 0.15) is 5.69 Å². The summed E-state index contributed by atoms with van der Waals surface area (Å²) in [4.78, 5) is 0. The Bertz CT molecular complexity index is 626. The van der Waals surface area contributed by atoms with E-state index in [0.29, 0.717) is 0 Å². The smallest absolute Gasteiger partial charge is 0.205 e. The number of hydrogen-bond acceptors (Lipinski definition) is 1. The maximum atomic E-state index is 6.10. The lowest BCUT2D eigenvalue weighted by atomic mass is 10.0. The van der Waals surface area contributed by atoms with Crippen LogP contribution < -0.4 is 10.5 Å². The van der Waals surface area contributed by atoms with Crippen LogP contribution in [0, 0.1) is 6.92 Å². The van der Waals surface area contributed by atoms with Crippen LogP contribution in [0.5, 0.6) is 0 Å². The Kier molecular flexibility index (Phi) is 1.83. The molecule has 0 amide bonds. The minimum absolute atomic E-state index is 1.07. The van der Waals surface area contributed by atoms with E-state index in [1.165, 1.54) is 16.2 Å². The Morgan fingerprint density at radius 2 is 1.38 bits per heavy atom. The molecule has 2 aromatic carbocycles. The number of para-hydroxylation sites is 1. The lowest BCUT2D eigenvalue weighted by Crippen LogP contribution is -2.48. The third-order valence-corrected chi connectivity index (χ3v) is 3.13. The van der Waals surface area contributed by atoms with E-state index in [0.717, 1.165) is 11.2 Å². The zero-order chi connectivity index (χ0) is 11.1. The number of aryl methyl sites for hydroxylation is 1. The second-order valence-electron chi connectivity index (χ2n) is 4.02. The first kappa shape index (κ1) is 9.16. The Balaban J connectivity index is 2.69. The zero-order valence-electron chi connectivity index (χ0n) is 9.14. The topological polar surface area (TPSA) is 29.9 Å². The molecule has 0 saturated carbocycles. The van der Waals surface area contributed by atoms with Gasteiger partial charge in [-0.15, -0.1) is 0 Å². The highest BCUT2D eigenvalue weighted by molar-refractivity contribution is 6.04. The van der Waals surface area contributed by atoms with Gasteiger partial charge in [0.05, 0.1) is 10.8 Å². The first-order valence-corrected chi connectivity index (χ1v) is 5.36. The standard InChI is InChI=1S/C14H13N2/c1-10-11-6-2-3-7-12(11)13-8-4-5-9-14(13)16(10)15/h2-9H,15H2,1H3/q+1. The van der Waals surface area contributed by atoms with Gasteiger partial charge in [0, 0.05) is 18.4 Å². The molecule has 0 aliphatic carbocycles. The van der Waals surface area contributed by atoms with Gasteiger partial charge in [0.25, 0.3) is 0 Å². The SMILES string of the molecule is Cc1c2ccccc2c2ccccc2[n+]1N. The second-order valence-corrected chi connectivity index (χ2v) is 4.02. The Morgan fingerprint density at radius 3 is 2.12 bits per heavy atom. The summed E-state index contributed by atoms with van der Waals surface area (Å²) in [7, 11) is 0. The molecule has 78 valence electrons. The van der Waals surface area contributed by atoms with Crippen LogP contribution in [0.2, 0.25) is 0 Å².